The Morgan fingerprint density at radius 2 is 1.81 bits per heavy atom. The maximum atomic E-state index is 13.1. The Balaban J connectivity index is 2.10. The van der Waals surface area contributed by atoms with Crippen LogP contribution in [0, 0.1) is 0 Å². The van der Waals surface area contributed by atoms with Gasteiger partial charge in [0.2, 0.25) is 0 Å². The third-order valence-electron chi connectivity index (χ3n) is 5.55. The second-order valence-corrected chi connectivity index (χ2v) is 9.11. The first-order valence-corrected chi connectivity index (χ1v) is 10.9. The standard InChI is InChI=1S/C26H33NO5/c1-25(2,3)32-24(29)27-16-10-15-26(30,23(27)19-11-6-5-7-12-19)17-20(18-28)21-13-8-9-14-22(21)31-4/h5-9,11-14,17,23,28,30H,10,15-16,18H2,1-4H3/t23-,26+/m0/s1. The smallest absolute Gasteiger partial charge is 0.410 e. The third-order valence-corrected chi connectivity index (χ3v) is 5.55. The molecule has 1 fully saturated rings. The van der Waals surface area contributed by atoms with E-state index in [1.54, 1.807) is 18.1 Å². The van der Waals surface area contributed by atoms with Crippen LogP contribution in [0.15, 0.2) is 60.7 Å². The molecule has 2 aromatic rings. The third kappa shape index (κ3) is 5.31. The van der Waals surface area contributed by atoms with Crippen molar-refractivity contribution in [1.29, 1.82) is 0 Å². The summed E-state index contributed by atoms with van der Waals surface area (Å²) in [4.78, 5) is 14.7. The molecule has 2 aromatic carbocycles. The minimum absolute atomic E-state index is 0.281. The SMILES string of the molecule is COc1ccccc1C(=C[C@]1(O)CCCN(C(=O)OC(C)(C)C)[C@H]1c1ccccc1)CO. The molecule has 1 aliphatic rings. The zero-order chi connectivity index (χ0) is 23.4. The van der Waals surface area contributed by atoms with Crippen LogP contribution in [0.25, 0.3) is 5.57 Å². The highest BCUT2D eigenvalue weighted by molar-refractivity contribution is 5.73. The molecule has 2 N–H and O–H groups in total. The van der Waals surface area contributed by atoms with E-state index in [4.69, 9.17) is 9.47 Å². The van der Waals surface area contributed by atoms with Crippen LogP contribution in [0.3, 0.4) is 0 Å². The lowest BCUT2D eigenvalue weighted by Crippen LogP contribution is -2.53. The monoisotopic (exact) mass is 439 g/mol. The summed E-state index contributed by atoms with van der Waals surface area (Å²) in [5.74, 6) is 0.604. The lowest BCUT2D eigenvalue weighted by Gasteiger charge is -2.46. The van der Waals surface area contributed by atoms with E-state index in [2.05, 4.69) is 0 Å². The number of nitrogens with zero attached hydrogens (tertiary/aromatic N) is 1. The number of ether oxygens (including phenoxy) is 2. The summed E-state index contributed by atoms with van der Waals surface area (Å²) in [7, 11) is 1.57. The van der Waals surface area contributed by atoms with E-state index in [1.165, 1.54) is 0 Å². The van der Waals surface area contributed by atoms with E-state index in [9.17, 15) is 15.0 Å². The maximum Gasteiger partial charge on any atom is 0.410 e. The Hall–Kier alpha value is -2.83. The summed E-state index contributed by atoms with van der Waals surface area (Å²) in [6.45, 7) is 5.66. The number of carbonyl (C=O) groups is 1. The largest absolute Gasteiger partial charge is 0.496 e. The lowest BCUT2D eigenvalue weighted by molar-refractivity contribution is -0.0583. The molecule has 1 saturated heterocycles. The van der Waals surface area contributed by atoms with Gasteiger partial charge in [-0.25, -0.2) is 4.79 Å². The lowest BCUT2D eigenvalue weighted by atomic mass is 9.78. The van der Waals surface area contributed by atoms with E-state index >= 15 is 0 Å². The van der Waals surface area contributed by atoms with Crippen LogP contribution in [0.4, 0.5) is 4.79 Å². The summed E-state index contributed by atoms with van der Waals surface area (Å²) in [5, 5.41) is 22.1. The van der Waals surface area contributed by atoms with Crippen LogP contribution in [-0.4, -0.2) is 52.7 Å². The molecule has 0 spiro atoms. The first-order chi connectivity index (χ1) is 15.2. The van der Waals surface area contributed by atoms with E-state index < -0.39 is 23.3 Å². The van der Waals surface area contributed by atoms with Crippen LogP contribution in [0.2, 0.25) is 0 Å². The molecular weight excluding hydrogens is 406 g/mol. The number of aliphatic hydroxyl groups is 2. The van der Waals surface area contributed by atoms with Crippen LogP contribution < -0.4 is 4.74 Å². The molecule has 32 heavy (non-hydrogen) atoms. The van der Waals surface area contributed by atoms with Gasteiger partial charge in [0, 0.05) is 12.1 Å². The number of rotatable bonds is 5. The Morgan fingerprint density at radius 3 is 2.44 bits per heavy atom. The van der Waals surface area contributed by atoms with Crippen molar-refractivity contribution in [3.8, 4) is 5.75 Å². The van der Waals surface area contributed by atoms with Crippen molar-refractivity contribution < 1.29 is 24.5 Å². The average molecular weight is 440 g/mol. The first kappa shape index (κ1) is 23.8. The van der Waals surface area contributed by atoms with Gasteiger partial charge in [0.1, 0.15) is 17.0 Å². The van der Waals surface area contributed by atoms with E-state index in [-0.39, 0.29) is 6.61 Å². The number of para-hydroxylation sites is 1. The summed E-state index contributed by atoms with van der Waals surface area (Å²) >= 11 is 0. The van der Waals surface area contributed by atoms with Crippen LogP contribution in [-0.2, 0) is 4.74 Å². The molecule has 0 unspecified atom stereocenters. The highest BCUT2D eigenvalue weighted by Crippen LogP contribution is 2.43. The van der Waals surface area contributed by atoms with Crippen molar-refractivity contribution in [1.82, 2.24) is 4.90 Å². The van der Waals surface area contributed by atoms with E-state index in [0.29, 0.717) is 36.3 Å². The number of aliphatic hydroxyl groups excluding tert-OH is 1. The van der Waals surface area contributed by atoms with Gasteiger partial charge in [0.25, 0.3) is 0 Å². The van der Waals surface area contributed by atoms with Crippen LogP contribution >= 0.6 is 0 Å². The van der Waals surface area contributed by atoms with Gasteiger partial charge in [-0.3, -0.25) is 4.90 Å². The predicted molar refractivity (Wildman–Crippen MR) is 124 cm³/mol. The van der Waals surface area contributed by atoms with Gasteiger partial charge < -0.3 is 19.7 Å². The summed E-state index contributed by atoms with van der Waals surface area (Å²) in [6, 6.07) is 16.2. The average Bonchev–Trinajstić information content (AvgIpc) is 2.76. The van der Waals surface area contributed by atoms with Gasteiger partial charge in [-0.1, -0.05) is 48.5 Å². The zero-order valence-electron chi connectivity index (χ0n) is 19.2. The van der Waals surface area contributed by atoms with Crippen molar-refractivity contribution in [2.24, 2.45) is 0 Å². The fraction of sp³-hybridized carbons (Fsp3) is 0.423. The van der Waals surface area contributed by atoms with Gasteiger partial charge in [0.15, 0.2) is 0 Å². The molecule has 0 radical (unpaired) electrons. The van der Waals surface area contributed by atoms with Gasteiger partial charge >= 0.3 is 6.09 Å². The number of carbonyl (C=O) groups excluding carboxylic acids is 1. The summed E-state index contributed by atoms with van der Waals surface area (Å²) in [6.07, 6.45) is 2.24. The molecule has 2 atom stereocenters. The Kier molecular flexibility index (Phi) is 7.26. The minimum Gasteiger partial charge on any atom is -0.496 e. The molecule has 3 rings (SSSR count). The second kappa shape index (κ2) is 9.76. The van der Waals surface area contributed by atoms with Crippen molar-refractivity contribution in [3.63, 3.8) is 0 Å². The molecule has 6 nitrogen and oxygen atoms in total. The number of hydrogen-bond acceptors (Lipinski definition) is 5. The topological polar surface area (TPSA) is 79.2 Å². The number of benzene rings is 2. The maximum absolute atomic E-state index is 13.1. The fourth-order valence-electron chi connectivity index (χ4n) is 4.26. The predicted octanol–water partition coefficient (Wildman–Crippen LogP) is 4.57. The van der Waals surface area contributed by atoms with Crippen LogP contribution in [0.1, 0.15) is 50.8 Å². The fourth-order valence-corrected chi connectivity index (χ4v) is 4.26. The first-order valence-electron chi connectivity index (χ1n) is 10.9. The number of likely N-dealkylation sites (tertiary alicyclic amines) is 1. The normalized spacial score (nSPS) is 21.9. The van der Waals surface area contributed by atoms with Gasteiger partial charge in [-0.05, 0) is 56.9 Å². The van der Waals surface area contributed by atoms with E-state index in [0.717, 1.165) is 5.56 Å². The van der Waals surface area contributed by atoms with Gasteiger partial charge in [0.05, 0.1) is 19.8 Å². The molecule has 1 heterocycles. The Morgan fingerprint density at radius 1 is 1.16 bits per heavy atom. The molecule has 6 heteroatoms. The Labute approximate surface area is 190 Å². The van der Waals surface area contributed by atoms with Crippen LogP contribution in [0.5, 0.6) is 5.75 Å². The quantitative estimate of drug-likeness (QED) is 0.713. The minimum atomic E-state index is -1.41. The number of methoxy groups -OCH3 is 1. The summed E-state index contributed by atoms with van der Waals surface area (Å²) < 4.78 is 11.1. The molecular formula is C26H33NO5. The number of hydrogen-bond donors (Lipinski definition) is 2. The molecule has 0 bridgehead atoms. The van der Waals surface area contributed by atoms with Crippen molar-refractivity contribution >= 4 is 11.7 Å². The molecule has 1 aliphatic heterocycles. The highest BCUT2D eigenvalue weighted by Gasteiger charge is 2.46. The number of amides is 1. The summed E-state index contributed by atoms with van der Waals surface area (Å²) in [5.41, 5.74) is -0.0227. The van der Waals surface area contributed by atoms with E-state index in [1.807, 2.05) is 75.4 Å². The van der Waals surface area contributed by atoms with Crippen molar-refractivity contribution in [3.05, 3.63) is 71.8 Å². The second-order valence-electron chi connectivity index (χ2n) is 9.11. The zero-order valence-corrected chi connectivity index (χ0v) is 19.2. The van der Waals surface area contributed by atoms with Gasteiger partial charge in [-0.15, -0.1) is 0 Å². The molecule has 172 valence electrons. The van der Waals surface area contributed by atoms with Gasteiger partial charge in [-0.2, -0.15) is 0 Å². The molecule has 1 amide bonds. The van der Waals surface area contributed by atoms with Crippen molar-refractivity contribution in [2.45, 2.75) is 50.9 Å². The molecule has 0 aliphatic carbocycles. The molecule has 0 saturated carbocycles. The molecule has 0 aromatic heterocycles. The number of piperidine rings is 1. The highest BCUT2D eigenvalue weighted by atomic mass is 16.6. The Bertz CT molecular complexity index is 950. The van der Waals surface area contributed by atoms with Crippen molar-refractivity contribution in [2.75, 3.05) is 20.3 Å².